The van der Waals surface area contributed by atoms with Crippen molar-refractivity contribution in [2.45, 2.75) is 31.6 Å². The zero-order valence-corrected chi connectivity index (χ0v) is 16.5. The number of guanidine groups is 1. The van der Waals surface area contributed by atoms with Crippen molar-refractivity contribution in [3.63, 3.8) is 0 Å². The number of nitrogens with zero attached hydrogens (tertiary/aromatic N) is 1. The van der Waals surface area contributed by atoms with Crippen LogP contribution in [0.1, 0.15) is 30.4 Å². The number of aliphatic imine (C=N–C) groups is 1. The summed E-state index contributed by atoms with van der Waals surface area (Å²) in [5.41, 5.74) is 1.48. The van der Waals surface area contributed by atoms with Crippen LogP contribution in [0.5, 0.6) is 0 Å². The Morgan fingerprint density at radius 1 is 1.31 bits per heavy atom. The largest absolute Gasteiger partial charge is 0.385 e. The van der Waals surface area contributed by atoms with Gasteiger partial charge in [0.2, 0.25) is 0 Å². The predicted octanol–water partition coefficient (Wildman–Crippen LogP) is 1.85. The molecule has 8 heteroatoms. The Balaban J connectivity index is 1.95. The standard InChI is InChI=1S/C18H28FN3O3S/c1-20-17(22-13-18(6-7-18)8-9-25-2)21-11-15-10-16(19)5-4-14(15)12-26(3,23)24/h4-5,10H,6-9,11-13H2,1-3H3,(H2,20,21,22). The first kappa shape index (κ1) is 20.6. The summed E-state index contributed by atoms with van der Waals surface area (Å²) in [6, 6.07) is 4.17. The van der Waals surface area contributed by atoms with E-state index in [-0.39, 0.29) is 11.2 Å². The van der Waals surface area contributed by atoms with Gasteiger partial charge >= 0.3 is 0 Å². The summed E-state index contributed by atoms with van der Waals surface area (Å²) < 4.78 is 41.9. The lowest BCUT2D eigenvalue weighted by Gasteiger charge is -2.19. The van der Waals surface area contributed by atoms with Gasteiger partial charge in [-0.3, -0.25) is 4.99 Å². The third-order valence-corrected chi connectivity index (χ3v) is 5.52. The van der Waals surface area contributed by atoms with Crippen molar-refractivity contribution in [3.05, 3.63) is 35.1 Å². The smallest absolute Gasteiger partial charge is 0.191 e. The predicted molar refractivity (Wildman–Crippen MR) is 101 cm³/mol. The maximum absolute atomic E-state index is 13.6. The number of rotatable bonds is 9. The molecule has 1 aromatic carbocycles. The van der Waals surface area contributed by atoms with Gasteiger partial charge in [0.1, 0.15) is 5.82 Å². The summed E-state index contributed by atoms with van der Waals surface area (Å²) >= 11 is 0. The van der Waals surface area contributed by atoms with Gasteiger partial charge in [-0.2, -0.15) is 0 Å². The van der Waals surface area contributed by atoms with Crippen LogP contribution in [0.15, 0.2) is 23.2 Å². The van der Waals surface area contributed by atoms with E-state index >= 15 is 0 Å². The van der Waals surface area contributed by atoms with Crippen molar-refractivity contribution in [2.24, 2.45) is 10.4 Å². The van der Waals surface area contributed by atoms with Gasteiger partial charge in [-0.05, 0) is 47.9 Å². The molecule has 1 aromatic rings. The lowest BCUT2D eigenvalue weighted by molar-refractivity contribution is 0.172. The van der Waals surface area contributed by atoms with Gasteiger partial charge in [0, 0.05) is 40.1 Å². The molecule has 6 nitrogen and oxygen atoms in total. The molecule has 0 unspecified atom stereocenters. The van der Waals surface area contributed by atoms with Gasteiger partial charge in [-0.25, -0.2) is 12.8 Å². The molecule has 1 saturated carbocycles. The van der Waals surface area contributed by atoms with Crippen LogP contribution in [-0.2, 0) is 26.9 Å². The number of nitrogens with one attached hydrogen (secondary N) is 2. The van der Waals surface area contributed by atoms with Crippen LogP contribution in [0.25, 0.3) is 0 Å². The summed E-state index contributed by atoms with van der Waals surface area (Å²) in [5.74, 6) is 0.109. The molecule has 26 heavy (non-hydrogen) atoms. The number of sulfone groups is 1. The van der Waals surface area contributed by atoms with E-state index in [2.05, 4.69) is 15.6 Å². The third-order valence-electron chi connectivity index (χ3n) is 4.68. The first-order valence-corrected chi connectivity index (χ1v) is 10.7. The molecule has 1 aliphatic carbocycles. The Labute approximate surface area is 155 Å². The van der Waals surface area contributed by atoms with E-state index in [1.54, 1.807) is 14.2 Å². The number of hydrogen-bond acceptors (Lipinski definition) is 4. The van der Waals surface area contributed by atoms with Gasteiger partial charge < -0.3 is 15.4 Å². The minimum absolute atomic E-state index is 0.115. The van der Waals surface area contributed by atoms with Crippen LogP contribution >= 0.6 is 0 Å². The maximum Gasteiger partial charge on any atom is 0.191 e. The van der Waals surface area contributed by atoms with Gasteiger partial charge in [0.25, 0.3) is 0 Å². The summed E-state index contributed by atoms with van der Waals surface area (Å²) in [7, 11) is 0.184. The molecule has 2 rings (SSSR count). The molecule has 146 valence electrons. The van der Waals surface area contributed by atoms with Crippen LogP contribution < -0.4 is 10.6 Å². The topological polar surface area (TPSA) is 79.8 Å². The fraction of sp³-hybridized carbons (Fsp3) is 0.611. The van der Waals surface area contributed by atoms with Crippen LogP contribution in [0.2, 0.25) is 0 Å². The Kier molecular flexibility index (Phi) is 7.00. The van der Waals surface area contributed by atoms with E-state index in [0.29, 0.717) is 23.6 Å². The third kappa shape index (κ3) is 6.57. The molecule has 0 spiro atoms. The van der Waals surface area contributed by atoms with Crippen molar-refractivity contribution in [2.75, 3.05) is 33.6 Å². The van der Waals surface area contributed by atoms with Crippen molar-refractivity contribution in [1.29, 1.82) is 0 Å². The second-order valence-electron chi connectivity index (χ2n) is 7.01. The highest BCUT2D eigenvalue weighted by Gasteiger charge is 2.41. The SMILES string of the molecule is CN=C(NCc1cc(F)ccc1CS(C)(=O)=O)NCC1(CCOC)CC1. The Morgan fingerprint density at radius 2 is 2.04 bits per heavy atom. The number of methoxy groups -OCH3 is 1. The molecule has 0 bridgehead atoms. The van der Waals surface area contributed by atoms with E-state index in [0.717, 1.165) is 19.6 Å². The van der Waals surface area contributed by atoms with Gasteiger partial charge in [0.05, 0.1) is 5.75 Å². The highest BCUT2D eigenvalue weighted by atomic mass is 32.2. The minimum atomic E-state index is -3.19. The average Bonchev–Trinajstić information content (AvgIpc) is 3.34. The van der Waals surface area contributed by atoms with E-state index in [9.17, 15) is 12.8 Å². The van der Waals surface area contributed by atoms with Gasteiger partial charge in [-0.15, -0.1) is 0 Å². The Bertz CT molecular complexity index is 746. The Morgan fingerprint density at radius 3 is 2.62 bits per heavy atom. The second kappa shape index (κ2) is 8.81. The first-order chi connectivity index (χ1) is 12.3. The molecular formula is C18H28FN3O3S. The summed E-state index contributed by atoms with van der Waals surface area (Å²) in [5, 5.41) is 6.45. The van der Waals surface area contributed by atoms with E-state index in [1.807, 2.05) is 0 Å². The molecule has 0 amide bonds. The molecule has 0 atom stereocenters. The summed E-state index contributed by atoms with van der Waals surface area (Å²) in [4.78, 5) is 4.19. The minimum Gasteiger partial charge on any atom is -0.385 e. The van der Waals surface area contributed by atoms with Crippen molar-refractivity contribution in [3.8, 4) is 0 Å². The van der Waals surface area contributed by atoms with E-state index < -0.39 is 15.7 Å². The lowest BCUT2D eigenvalue weighted by atomic mass is 10.0. The van der Waals surface area contributed by atoms with E-state index in [1.165, 1.54) is 37.3 Å². The number of ether oxygens (including phenoxy) is 1. The molecule has 0 heterocycles. The van der Waals surface area contributed by atoms with E-state index in [4.69, 9.17) is 4.74 Å². The fourth-order valence-corrected chi connectivity index (χ4v) is 3.71. The Hall–Kier alpha value is -1.67. The normalized spacial score (nSPS) is 16.4. The second-order valence-corrected chi connectivity index (χ2v) is 9.15. The number of hydrogen-bond donors (Lipinski definition) is 2. The highest BCUT2D eigenvalue weighted by molar-refractivity contribution is 7.89. The van der Waals surface area contributed by atoms with Crippen molar-refractivity contribution >= 4 is 15.8 Å². The first-order valence-electron chi connectivity index (χ1n) is 8.65. The van der Waals surface area contributed by atoms with Gasteiger partial charge in [-0.1, -0.05) is 6.07 Å². The molecule has 1 fully saturated rings. The number of benzene rings is 1. The molecule has 0 aliphatic heterocycles. The average molecular weight is 386 g/mol. The van der Waals surface area contributed by atoms with Crippen LogP contribution in [0.4, 0.5) is 4.39 Å². The van der Waals surface area contributed by atoms with Crippen molar-refractivity contribution in [1.82, 2.24) is 10.6 Å². The van der Waals surface area contributed by atoms with Crippen LogP contribution in [-0.4, -0.2) is 47.9 Å². The maximum atomic E-state index is 13.6. The zero-order valence-electron chi connectivity index (χ0n) is 15.6. The summed E-state index contributed by atoms with van der Waals surface area (Å²) in [6.45, 7) is 1.84. The summed E-state index contributed by atoms with van der Waals surface area (Å²) in [6.07, 6.45) is 4.52. The van der Waals surface area contributed by atoms with Crippen LogP contribution in [0.3, 0.4) is 0 Å². The molecular weight excluding hydrogens is 357 g/mol. The lowest BCUT2D eigenvalue weighted by Crippen LogP contribution is -2.40. The van der Waals surface area contributed by atoms with Crippen LogP contribution in [0, 0.1) is 11.2 Å². The highest BCUT2D eigenvalue weighted by Crippen LogP contribution is 2.48. The fourth-order valence-electron chi connectivity index (χ4n) is 2.86. The molecule has 0 radical (unpaired) electrons. The molecule has 0 saturated heterocycles. The molecule has 0 aromatic heterocycles. The number of halogens is 1. The van der Waals surface area contributed by atoms with Crippen molar-refractivity contribution < 1.29 is 17.5 Å². The van der Waals surface area contributed by atoms with Gasteiger partial charge in [0.15, 0.2) is 15.8 Å². The monoisotopic (exact) mass is 385 g/mol. The zero-order chi connectivity index (χ0) is 19.2. The molecule has 2 N–H and O–H groups in total. The molecule has 1 aliphatic rings. The quantitative estimate of drug-likeness (QED) is 0.501.